The van der Waals surface area contributed by atoms with Crippen molar-refractivity contribution in [3.63, 3.8) is 0 Å². The van der Waals surface area contributed by atoms with Gasteiger partial charge in [0.2, 0.25) is 0 Å². The minimum absolute atomic E-state index is 0.433. The summed E-state index contributed by atoms with van der Waals surface area (Å²) in [4.78, 5) is 0. The minimum Gasteiger partial charge on any atom is -0.327 e. The van der Waals surface area contributed by atoms with Gasteiger partial charge in [-0.05, 0) is 55.1 Å². The molecular weight excluding hydrogens is 226 g/mol. The van der Waals surface area contributed by atoms with E-state index in [4.69, 9.17) is 5.73 Å². The maximum atomic E-state index is 6.25. The van der Waals surface area contributed by atoms with Crippen molar-refractivity contribution < 1.29 is 0 Å². The Morgan fingerprint density at radius 3 is 2.71 bits per heavy atom. The van der Waals surface area contributed by atoms with Crippen molar-refractivity contribution in [2.45, 2.75) is 37.6 Å². The van der Waals surface area contributed by atoms with E-state index in [1.165, 1.54) is 37.0 Å². The second kappa shape index (κ2) is 6.46. The first kappa shape index (κ1) is 13.0. The highest BCUT2D eigenvalue weighted by Crippen LogP contribution is 2.37. The van der Waals surface area contributed by atoms with E-state index < -0.39 is 0 Å². The van der Waals surface area contributed by atoms with Crippen LogP contribution in [0.15, 0.2) is 30.3 Å². The fourth-order valence-electron chi connectivity index (χ4n) is 2.92. The Kier molecular flexibility index (Phi) is 4.93. The largest absolute Gasteiger partial charge is 0.327 e. The Hall–Kier alpha value is -0.470. The lowest BCUT2D eigenvalue weighted by Crippen LogP contribution is -2.35. The van der Waals surface area contributed by atoms with Crippen LogP contribution in [0, 0.1) is 5.92 Å². The summed E-state index contributed by atoms with van der Waals surface area (Å²) in [6.07, 6.45) is 7.21. The first-order valence-corrected chi connectivity index (χ1v) is 8.00. The van der Waals surface area contributed by atoms with Gasteiger partial charge < -0.3 is 5.73 Å². The molecule has 2 N–H and O–H groups in total. The molecule has 2 rings (SSSR count). The Morgan fingerprint density at radius 2 is 2.00 bits per heavy atom. The van der Waals surface area contributed by atoms with Crippen molar-refractivity contribution >= 4 is 11.8 Å². The van der Waals surface area contributed by atoms with Gasteiger partial charge in [0.15, 0.2) is 0 Å². The van der Waals surface area contributed by atoms with Gasteiger partial charge in [-0.3, -0.25) is 0 Å². The molecule has 0 aliphatic heterocycles. The lowest BCUT2D eigenvalue weighted by Gasteiger charge is -2.34. The molecule has 1 nitrogen and oxygen atoms in total. The Bertz CT molecular complexity index is 325. The minimum atomic E-state index is 0.433. The third-order valence-electron chi connectivity index (χ3n) is 4.00. The van der Waals surface area contributed by atoms with E-state index in [1.54, 1.807) is 0 Å². The lowest BCUT2D eigenvalue weighted by molar-refractivity contribution is 0.273. The summed E-state index contributed by atoms with van der Waals surface area (Å²) in [7, 11) is 0. The van der Waals surface area contributed by atoms with Crippen molar-refractivity contribution in [1.29, 1.82) is 0 Å². The monoisotopic (exact) mass is 249 g/mol. The number of hydrogen-bond donors (Lipinski definition) is 1. The quantitative estimate of drug-likeness (QED) is 0.881. The standard InChI is InChI=1S/C15H23NS/c1-17-10-9-14-11-13(7-8-15(14)16)12-5-3-2-4-6-12/h2-6,13-15H,7-11,16H2,1H3. The molecule has 0 radical (unpaired) electrons. The molecule has 1 aromatic rings. The van der Waals surface area contributed by atoms with Crippen LogP contribution in [0.2, 0.25) is 0 Å². The number of benzene rings is 1. The summed E-state index contributed by atoms with van der Waals surface area (Å²) in [5.41, 5.74) is 7.76. The Balaban J connectivity index is 1.97. The lowest BCUT2D eigenvalue weighted by atomic mass is 9.74. The van der Waals surface area contributed by atoms with Crippen molar-refractivity contribution in [1.82, 2.24) is 0 Å². The molecule has 1 aliphatic rings. The van der Waals surface area contributed by atoms with Crippen LogP contribution in [0.5, 0.6) is 0 Å². The summed E-state index contributed by atoms with van der Waals surface area (Å²) >= 11 is 1.94. The zero-order chi connectivity index (χ0) is 12.1. The molecule has 0 bridgehead atoms. The van der Waals surface area contributed by atoms with E-state index in [1.807, 2.05) is 11.8 Å². The van der Waals surface area contributed by atoms with Crippen molar-refractivity contribution in [3.05, 3.63) is 35.9 Å². The Labute approximate surface area is 109 Å². The van der Waals surface area contributed by atoms with Crippen LogP contribution in [-0.2, 0) is 0 Å². The second-order valence-corrected chi connectivity index (χ2v) is 6.11. The topological polar surface area (TPSA) is 26.0 Å². The molecule has 1 fully saturated rings. The van der Waals surface area contributed by atoms with Crippen LogP contribution < -0.4 is 5.73 Å². The average Bonchev–Trinajstić information content (AvgIpc) is 2.39. The van der Waals surface area contributed by atoms with E-state index >= 15 is 0 Å². The van der Waals surface area contributed by atoms with Crippen LogP contribution >= 0.6 is 11.8 Å². The second-order valence-electron chi connectivity index (χ2n) is 5.13. The SMILES string of the molecule is CSCCC1CC(c2ccccc2)CCC1N. The van der Waals surface area contributed by atoms with Gasteiger partial charge in [-0.2, -0.15) is 11.8 Å². The predicted octanol–water partition coefficient (Wildman–Crippen LogP) is 3.65. The average molecular weight is 249 g/mol. The molecule has 0 spiro atoms. The first-order chi connectivity index (χ1) is 8.31. The molecule has 0 heterocycles. The maximum absolute atomic E-state index is 6.25. The number of thioether (sulfide) groups is 1. The van der Waals surface area contributed by atoms with E-state index in [-0.39, 0.29) is 0 Å². The van der Waals surface area contributed by atoms with Crippen LogP contribution in [0.25, 0.3) is 0 Å². The van der Waals surface area contributed by atoms with Crippen LogP contribution in [0.4, 0.5) is 0 Å². The Morgan fingerprint density at radius 1 is 1.24 bits per heavy atom. The number of hydrogen-bond acceptors (Lipinski definition) is 2. The summed E-state index contributed by atoms with van der Waals surface area (Å²) in [6, 6.07) is 11.4. The van der Waals surface area contributed by atoms with Gasteiger partial charge in [0.25, 0.3) is 0 Å². The highest BCUT2D eigenvalue weighted by molar-refractivity contribution is 7.98. The molecule has 17 heavy (non-hydrogen) atoms. The van der Waals surface area contributed by atoms with Crippen LogP contribution in [-0.4, -0.2) is 18.1 Å². The predicted molar refractivity (Wildman–Crippen MR) is 77.5 cm³/mol. The van der Waals surface area contributed by atoms with E-state index in [2.05, 4.69) is 36.6 Å². The summed E-state index contributed by atoms with van der Waals surface area (Å²) in [5, 5.41) is 0. The molecule has 1 aliphatic carbocycles. The molecule has 0 amide bonds. The zero-order valence-electron chi connectivity index (χ0n) is 10.6. The third-order valence-corrected chi connectivity index (χ3v) is 4.65. The van der Waals surface area contributed by atoms with Crippen LogP contribution in [0.3, 0.4) is 0 Å². The molecule has 3 atom stereocenters. The zero-order valence-corrected chi connectivity index (χ0v) is 11.5. The normalized spacial score (nSPS) is 29.2. The highest BCUT2D eigenvalue weighted by Gasteiger charge is 2.28. The highest BCUT2D eigenvalue weighted by atomic mass is 32.2. The van der Waals surface area contributed by atoms with Gasteiger partial charge in [0, 0.05) is 6.04 Å². The third kappa shape index (κ3) is 3.49. The smallest absolute Gasteiger partial charge is 0.00678 e. The molecule has 0 saturated heterocycles. The van der Waals surface area contributed by atoms with Gasteiger partial charge in [-0.1, -0.05) is 30.3 Å². The fraction of sp³-hybridized carbons (Fsp3) is 0.600. The van der Waals surface area contributed by atoms with Gasteiger partial charge in [0.05, 0.1) is 0 Å². The molecule has 1 aromatic carbocycles. The van der Waals surface area contributed by atoms with E-state index in [0.717, 1.165) is 11.8 Å². The molecule has 1 saturated carbocycles. The van der Waals surface area contributed by atoms with E-state index in [9.17, 15) is 0 Å². The van der Waals surface area contributed by atoms with Crippen molar-refractivity contribution in [2.75, 3.05) is 12.0 Å². The van der Waals surface area contributed by atoms with Gasteiger partial charge in [-0.25, -0.2) is 0 Å². The van der Waals surface area contributed by atoms with Gasteiger partial charge in [-0.15, -0.1) is 0 Å². The molecule has 3 unspecified atom stereocenters. The van der Waals surface area contributed by atoms with E-state index in [0.29, 0.717) is 6.04 Å². The number of rotatable bonds is 4. The van der Waals surface area contributed by atoms with Crippen molar-refractivity contribution in [2.24, 2.45) is 11.7 Å². The van der Waals surface area contributed by atoms with Gasteiger partial charge >= 0.3 is 0 Å². The summed E-state index contributed by atoms with van der Waals surface area (Å²) in [5.74, 6) is 2.71. The molecular formula is C15H23NS. The van der Waals surface area contributed by atoms with Gasteiger partial charge in [0.1, 0.15) is 0 Å². The van der Waals surface area contributed by atoms with Crippen molar-refractivity contribution in [3.8, 4) is 0 Å². The fourth-order valence-corrected chi connectivity index (χ4v) is 3.45. The first-order valence-electron chi connectivity index (χ1n) is 6.60. The molecule has 94 valence electrons. The summed E-state index contributed by atoms with van der Waals surface area (Å²) in [6.45, 7) is 0. The molecule has 0 aromatic heterocycles. The summed E-state index contributed by atoms with van der Waals surface area (Å²) < 4.78 is 0. The maximum Gasteiger partial charge on any atom is 0.00678 e. The number of nitrogens with two attached hydrogens (primary N) is 1. The van der Waals surface area contributed by atoms with Crippen LogP contribution in [0.1, 0.15) is 37.2 Å². The molecule has 2 heteroatoms.